The van der Waals surface area contributed by atoms with Gasteiger partial charge in [0.15, 0.2) is 11.5 Å². The maximum Gasteiger partial charge on any atom is 0.320 e. The minimum atomic E-state index is -1.00. The molecule has 1 heterocycles. The van der Waals surface area contributed by atoms with E-state index in [-0.39, 0.29) is 6.79 Å². The fourth-order valence-corrected chi connectivity index (χ4v) is 1.90. The molecule has 5 nitrogen and oxygen atoms in total. The lowest BCUT2D eigenvalue weighted by Gasteiger charge is -2.13. The molecule has 5 heteroatoms. The average Bonchev–Trinajstić information content (AvgIpc) is 2.73. The number of carboxylic acid groups (broad SMARTS) is 1. The molecular formula is C12H15NO4. The zero-order valence-electron chi connectivity index (χ0n) is 9.82. The molecule has 1 unspecified atom stereocenters. The van der Waals surface area contributed by atoms with Gasteiger partial charge in [-0.15, -0.1) is 0 Å². The second kappa shape index (κ2) is 4.25. The van der Waals surface area contributed by atoms with Crippen molar-refractivity contribution in [2.75, 3.05) is 6.79 Å². The first kappa shape index (κ1) is 11.7. The minimum Gasteiger partial charge on any atom is -0.480 e. The van der Waals surface area contributed by atoms with Crippen LogP contribution < -0.4 is 15.2 Å². The summed E-state index contributed by atoms with van der Waals surface area (Å²) in [6.07, 6.45) is 0.290. The van der Waals surface area contributed by atoms with Crippen LogP contribution in [0.15, 0.2) is 6.07 Å². The molecule has 0 amide bonds. The average molecular weight is 237 g/mol. The molecule has 1 aromatic carbocycles. The molecule has 0 spiro atoms. The van der Waals surface area contributed by atoms with E-state index in [1.165, 1.54) is 0 Å². The third-order valence-electron chi connectivity index (χ3n) is 3.09. The molecule has 0 fully saturated rings. The first-order valence-electron chi connectivity index (χ1n) is 5.37. The maximum atomic E-state index is 10.8. The summed E-state index contributed by atoms with van der Waals surface area (Å²) < 4.78 is 10.7. The summed E-state index contributed by atoms with van der Waals surface area (Å²) in [5.41, 5.74) is 8.42. The van der Waals surface area contributed by atoms with Crippen LogP contribution in [0.25, 0.3) is 0 Å². The Labute approximate surface area is 99.1 Å². The molecule has 0 aliphatic carbocycles. The molecule has 17 heavy (non-hydrogen) atoms. The third kappa shape index (κ3) is 2.06. The van der Waals surface area contributed by atoms with E-state index >= 15 is 0 Å². The number of benzene rings is 1. The number of carbonyl (C=O) groups is 1. The molecule has 0 saturated carbocycles. The van der Waals surface area contributed by atoms with Gasteiger partial charge in [-0.25, -0.2) is 0 Å². The highest BCUT2D eigenvalue weighted by atomic mass is 16.7. The zero-order chi connectivity index (χ0) is 12.6. The molecule has 0 radical (unpaired) electrons. The highest BCUT2D eigenvalue weighted by molar-refractivity contribution is 5.73. The van der Waals surface area contributed by atoms with Crippen LogP contribution in [0.1, 0.15) is 16.7 Å². The Hall–Kier alpha value is -1.75. The Balaban J connectivity index is 2.36. The summed E-state index contributed by atoms with van der Waals surface area (Å²) in [4.78, 5) is 10.8. The van der Waals surface area contributed by atoms with Gasteiger partial charge in [0.2, 0.25) is 6.79 Å². The molecule has 0 aromatic heterocycles. The van der Waals surface area contributed by atoms with Crippen molar-refractivity contribution >= 4 is 5.97 Å². The molecule has 1 aliphatic heterocycles. The molecule has 0 bridgehead atoms. The molecule has 92 valence electrons. The number of ether oxygens (including phenoxy) is 2. The van der Waals surface area contributed by atoms with Crippen LogP contribution in [0.4, 0.5) is 0 Å². The summed E-state index contributed by atoms with van der Waals surface area (Å²) in [6, 6.07) is 0.918. The Bertz CT molecular complexity index is 470. The first-order valence-corrected chi connectivity index (χ1v) is 5.37. The van der Waals surface area contributed by atoms with E-state index in [1.807, 2.05) is 19.9 Å². The normalized spacial score (nSPS) is 14.8. The van der Waals surface area contributed by atoms with Crippen molar-refractivity contribution in [2.45, 2.75) is 26.3 Å². The molecule has 1 aliphatic rings. The Morgan fingerprint density at radius 1 is 1.47 bits per heavy atom. The molecular weight excluding hydrogens is 222 g/mol. The number of rotatable bonds is 3. The second-order valence-corrected chi connectivity index (χ2v) is 4.17. The quantitative estimate of drug-likeness (QED) is 0.819. The van der Waals surface area contributed by atoms with Gasteiger partial charge in [0.1, 0.15) is 6.04 Å². The molecule has 1 atom stereocenters. The van der Waals surface area contributed by atoms with Crippen molar-refractivity contribution in [1.82, 2.24) is 0 Å². The van der Waals surface area contributed by atoms with Gasteiger partial charge >= 0.3 is 5.97 Å². The number of carboxylic acids is 1. The second-order valence-electron chi connectivity index (χ2n) is 4.17. The van der Waals surface area contributed by atoms with Gasteiger partial charge in [0, 0.05) is 0 Å². The Kier molecular flexibility index (Phi) is 2.93. The lowest BCUT2D eigenvalue weighted by atomic mass is 9.96. The van der Waals surface area contributed by atoms with Crippen molar-refractivity contribution in [1.29, 1.82) is 0 Å². The van der Waals surface area contributed by atoms with Gasteiger partial charge in [-0.3, -0.25) is 4.79 Å². The van der Waals surface area contributed by atoms with Crippen molar-refractivity contribution in [3.05, 3.63) is 22.8 Å². The van der Waals surface area contributed by atoms with Gasteiger partial charge in [-0.1, -0.05) is 0 Å². The van der Waals surface area contributed by atoms with Gasteiger partial charge in [-0.2, -0.15) is 0 Å². The van der Waals surface area contributed by atoms with E-state index in [0.717, 1.165) is 22.4 Å². The summed E-state index contributed by atoms with van der Waals surface area (Å²) >= 11 is 0. The van der Waals surface area contributed by atoms with Gasteiger partial charge < -0.3 is 20.3 Å². The third-order valence-corrected chi connectivity index (χ3v) is 3.09. The standard InChI is InChI=1S/C12H15NO4/c1-6-7(2)11-10(16-5-17-11)4-8(6)3-9(13)12(14)15/h4,9H,3,5,13H2,1-2H3,(H,14,15). The summed E-state index contributed by atoms with van der Waals surface area (Å²) in [6.45, 7) is 4.07. The number of hydrogen-bond acceptors (Lipinski definition) is 4. The van der Waals surface area contributed by atoms with Gasteiger partial charge in [-0.05, 0) is 43.0 Å². The van der Waals surface area contributed by atoms with Gasteiger partial charge in [0.05, 0.1) is 0 Å². The maximum absolute atomic E-state index is 10.8. The van der Waals surface area contributed by atoms with Crippen LogP contribution >= 0.6 is 0 Å². The van der Waals surface area contributed by atoms with Crippen LogP contribution in [0, 0.1) is 13.8 Å². The van der Waals surface area contributed by atoms with Crippen LogP contribution in [-0.4, -0.2) is 23.9 Å². The van der Waals surface area contributed by atoms with Crippen molar-refractivity contribution in [3.8, 4) is 11.5 Å². The SMILES string of the molecule is Cc1c(CC(N)C(=O)O)cc2c(c1C)OCO2. The summed E-state index contributed by atoms with van der Waals surface area (Å²) in [5, 5.41) is 8.82. The zero-order valence-corrected chi connectivity index (χ0v) is 9.82. The van der Waals surface area contributed by atoms with E-state index in [4.69, 9.17) is 20.3 Å². The summed E-state index contributed by atoms with van der Waals surface area (Å²) in [7, 11) is 0. The van der Waals surface area contributed by atoms with E-state index in [2.05, 4.69) is 0 Å². The fourth-order valence-electron chi connectivity index (χ4n) is 1.90. The Morgan fingerprint density at radius 3 is 2.82 bits per heavy atom. The molecule has 3 N–H and O–H groups in total. The summed E-state index contributed by atoms with van der Waals surface area (Å²) in [5.74, 6) is 0.413. The highest BCUT2D eigenvalue weighted by Gasteiger charge is 2.22. The molecule has 0 saturated heterocycles. The van der Waals surface area contributed by atoms with Crippen LogP contribution in [-0.2, 0) is 11.2 Å². The number of aliphatic carboxylic acids is 1. The largest absolute Gasteiger partial charge is 0.480 e. The van der Waals surface area contributed by atoms with E-state index in [1.54, 1.807) is 0 Å². The molecule has 2 rings (SSSR count). The highest BCUT2D eigenvalue weighted by Crippen LogP contribution is 2.38. The fraction of sp³-hybridized carbons (Fsp3) is 0.417. The predicted octanol–water partition coefficient (Wildman–Crippen LogP) is 0.987. The van der Waals surface area contributed by atoms with Crippen molar-refractivity contribution in [3.63, 3.8) is 0 Å². The predicted molar refractivity (Wildman–Crippen MR) is 61.4 cm³/mol. The smallest absolute Gasteiger partial charge is 0.320 e. The number of fused-ring (bicyclic) bond motifs is 1. The number of nitrogens with two attached hydrogens (primary N) is 1. The van der Waals surface area contributed by atoms with Crippen molar-refractivity contribution in [2.24, 2.45) is 5.73 Å². The first-order chi connectivity index (χ1) is 8.00. The van der Waals surface area contributed by atoms with Gasteiger partial charge in [0.25, 0.3) is 0 Å². The monoisotopic (exact) mass is 237 g/mol. The molecule has 1 aromatic rings. The number of hydrogen-bond donors (Lipinski definition) is 2. The van der Waals surface area contributed by atoms with Crippen LogP contribution in [0.2, 0.25) is 0 Å². The Morgan fingerprint density at radius 2 is 2.18 bits per heavy atom. The van der Waals surface area contributed by atoms with Crippen LogP contribution in [0.3, 0.4) is 0 Å². The van der Waals surface area contributed by atoms with Crippen molar-refractivity contribution < 1.29 is 19.4 Å². The topological polar surface area (TPSA) is 81.8 Å². The lowest BCUT2D eigenvalue weighted by molar-refractivity contribution is -0.138. The van der Waals surface area contributed by atoms with E-state index in [0.29, 0.717) is 12.2 Å². The minimum absolute atomic E-state index is 0.212. The van der Waals surface area contributed by atoms with E-state index < -0.39 is 12.0 Å². The van der Waals surface area contributed by atoms with E-state index in [9.17, 15) is 4.79 Å². The lowest BCUT2D eigenvalue weighted by Crippen LogP contribution is -2.32. The van der Waals surface area contributed by atoms with Crippen LogP contribution in [0.5, 0.6) is 11.5 Å².